The summed E-state index contributed by atoms with van der Waals surface area (Å²) in [6.45, 7) is 7.97. The minimum atomic E-state index is 0.0325. The molecule has 0 aromatic carbocycles. The standard InChI is InChI=1S/C14H29NOS/c1-4-12(3)17-10-8-13-7-6-9-14(13,11-16)15-5-2/h12-13,15-16H,4-11H2,1-3H3. The normalized spacial score (nSPS) is 30.7. The molecule has 0 saturated heterocycles. The highest BCUT2D eigenvalue weighted by molar-refractivity contribution is 7.99. The molecule has 2 nitrogen and oxygen atoms in total. The summed E-state index contributed by atoms with van der Waals surface area (Å²) in [5.41, 5.74) is 0.0325. The Hall–Kier alpha value is 0.270. The minimum absolute atomic E-state index is 0.0325. The van der Waals surface area contributed by atoms with Crippen LogP contribution in [0.4, 0.5) is 0 Å². The molecular weight excluding hydrogens is 230 g/mol. The number of rotatable bonds is 8. The Kier molecular flexibility index (Phi) is 6.90. The van der Waals surface area contributed by atoms with Crippen LogP contribution in [-0.2, 0) is 0 Å². The van der Waals surface area contributed by atoms with E-state index in [1.165, 1.54) is 31.4 Å². The average molecular weight is 259 g/mol. The lowest BCUT2D eigenvalue weighted by atomic mass is 9.86. The van der Waals surface area contributed by atoms with Crippen molar-refractivity contribution in [2.24, 2.45) is 5.92 Å². The highest BCUT2D eigenvalue weighted by Crippen LogP contribution is 2.38. The van der Waals surface area contributed by atoms with Crippen LogP contribution in [0, 0.1) is 5.92 Å². The molecule has 3 atom stereocenters. The SMILES string of the molecule is CCNC1(CO)CCCC1CCSC(C)CC. The molecule has 0 aromatic rings. The number of thioether (sulfide) groups is 1. The van der Waals surface area contributed by atoms with Gasteiger partial charge in [0.2, 0.25) is 0 Å². The van der Waals surface area contributed by atoms with Gasteiger partial charge in [-0.05, 0) is 43.9 Å². The van der Waals surface area contributed by atoms with Crippen LogP contribution in [0.15, 0.2) is 0 Å². The first-order chi connectivity index (χ1) is 8.18. The zero-order valence-corrected chi connectivity index (χ0v) is 12.5. The van der Waals surface area contributed by atoms with E-state index in [9.17, 15) is 5.11 Å². The molecule has 1 saturated carbocycles. The number of aliphatic hydroxyl groups is 1. The van der Waals surface area contributed by atoms with Crippen molar-refractivity contribution in [2.75, 3.05) is 18.9 Å². The van der Waals surface area contributed by atoms with E-state index in [1.54, 1.807) is 0 Å². The van der Waals surface area contributed by atoms with E-state index in [2.05, 4.69) is 37.8 Å². The summed E-state index contributed by atoms with van der Waals surface area (Å²) in [5.74, 6) is 1.91. The maximum atomic E-state index is 9.70. The van der Waals surface area contributed by atoms with Gasteiger partial charge in [0.25, 0.3) is 0 Å². The highest BCUT2D eigenvalue weighted by Gasteiger charge is 2.41. The maximum Gasteiger partial charge on any atom is 0.0616 e. The van der Waals surface area contributed by atoms with Gasteiger partial charge in [0.15, 0.2) is 0 Å². The van der Waals surface area contributed by atoms with Gasteiger partial charge in [-0.2, -0.15) is 11.8 Å². The first kappa shape index (κ1) is 15.3. The Morgan fingerprint density at radius 2 is 2.24 bits per heavy atom. The number of likely N-dealkylation sites (N-methyl/N-ethyl adjacent to an activating group) is 1. The summed E-state index contributed by atoms with van der Waals surface area (Å²) in [7, 11) is 0. The molecule has 0 spiro atoms. The third kappa shape index (κ3) is 4.15. The monoisotopic (exact) mass is 259 g/mol. The predicted molar refractivity (Wildman–Crippen MR) is 77.7 cm³/mol. The summed E-state index contributed by atoms with van der Waals surface area (Å²) < 4.78 is 0. The molecule has 0 heterocycles. The summed E-state index contributed by atoms with van der Waals surface area (Å²) in [6, 6.07) is 0. The van der Waals surface area contributed by atoms with Crippen molar-refractivity contribution in [3.63, 3.8) is 0 Å². The number of hydrogen-bond donors (Lipinski definition) is 2. The van der Waals surface area contributed by atoms with Crippen molar-refractivity contribution in [3.8, 4) is 0 Å². The lowest BCUT2D eigenvalue weighted by Gasteiger charge is -2.35. The van der Waals surface area contributed by atoms with E-state index in [4.69, 9.17) is 0 Å². The average Bonchev–Trinajstić information content (AvgIpc) is 2.73. The Bertz CT molecular complexity index is 212. The molecule has 17 heavy (non-hydrogen) atoms. The van der Waals surface area contributed by atoms with Crippen LogP contribution in [0.25, 0.3) is 0 Å². The van der Waals surface area contributed by atoms with Crippen LogP contribution in [0.2, 0.25) is 0 Å². The predicted octanol–water partition coefficient (Wildman–Crippen LogP) is 3.05. The number of nitrogens with one attached hydrogen (secondary N) is 1. The quantitative estimate of drug-likeness (QED) is 0.703. The molecule has 1 fully saturated rings. The van der Waals surface area contributed by atoms with E-state index in [0.29, 0.717) is 12.5 Å². The van der Waals surface area contributed by atoms with Gasteiger partial charge in [0.1, 0.15) is 0 Å². The Labute approximate surface area is 111 Å². The molecule has 1 rings (SSSR count). The van der Waals surface area contributed by atoms with Gasteiger partial charge in [-0.15, -0.1) is 0 Å². The molecular formula is C14H29NOS. The van der Waals surface area contributed by atoms with E-state index in [0.717, 1.165) is 18.2 Å². The number of aliphatic hydroxyl groups excluding tert-OH is 1. The molecule has 2 N–H and O–H groups in total. The van der Waals surface area contributed by atoms with Gasteiger partial charge in [-0.1, -0.05) is 27.2 Å². The lowest BCUT2D eigenvalue weighted by molar-refractivity contribution is 0.124. The van der Waals surface area contributed by atoms with E-state index >= 15 is 0 Å². The van der Waals surface area contributed by atoms with Gasteiger partial charge < -0.3 is 10.4 Å². The van der Waals surface area contributed by atoms with E-state index in [-0.39, 0.29) is 5.54 Å². The minimum Gasteiger partial charge on any atom is -0.394 e. The van der Waals surface area contributed by atoms with Crippen molar-refractivity contribution in [2.45, 2.75) is 63.7 Å². The van der Waals surface area contributed by atoms with Crippen LogP contribution < -0.4 is 5.32 Å². The van der Waals surface area contributed by atoms with Gasteiger partial charge >= 0.3 is 0 Å². The van der Waals surface area contributed by atoms with Gasteiger partial charge in [-0.3, -0.25) is 0 Å². The largest absolute Gasteiger partial charge is 0.394 e. The van der Waals surface area contributed by atoms with Crippen LogP contribution >= 0.6 is 11.8 Å². The van der Waals surface area contributed by atoms with Crippen molar-refractivity contribution >= 4 is 11.8 Å². The first-order valence-corrected chi connectivity index (χ1v) is 8.21. The molecule has 3 heteroatoms. The smallest absolute Gasteiger partial charge is 0.0616 e. The fourth-order valence-electron chi connectivity index (χ4n) is 2.94. The molecule has 0 bridgehead atoms. The molecule has 0 radical (unpaired) electrons. The highest BCUT2D eigenvalue weighted by atomic mass is 32.2. The van der Waals surface area contributed by atoms with Crippen molar-refractivity contribution in [3.05, 3.63) is 0 Å². The number of hydrogen-bond acceptors (Lipinski definition) is 3. The fourth-order valence-corrected chi connectivity index (χ4v) is 4.00. The zero-order chi connectivity index (χ0) is 12.7. The van der Waals surface area contributed by atoms with Crippen molar-refractivity contribution < 1.29 is 5.11 Å². The van der Waals surface area contributed by atoms with Crippen molar-refractivity contribution in [1.82, 2.24) is 5.32 Å². The molecule has 0 amide bonds. The van der Waals surface area contributed by atoms with Gasteiger partial charge in [-0.25, -0.2) is 0 Å². The third-order valence-electron chi connectivity index (χ3n) is 4.21. The molecule has 0 aliphatic heterocycles. The third-order valence-corrected chi connectivity index (χ3v) is 5.59. The Morgan fingerprint density at radius 3 is 2.82 bits per heavy atom. The van der Waals surface area contributed by atoms with Crippen LogP contribution in [0.1, 0.15) is 52.9 Å². The van der Waals surface area contributed by atoms with Crippen LogP contribution in [0.3, 0.4) is 0 Å². The summed E-state index contributed by atoms with van der Waals surface area (Å²) in [4.78, 5) is 0. The second-order valence-corrected chi connectivity index (χ2v) is 6.86. The lowest BCUT2D eigenvalue weighted by Crippen LogP contribution is -2.51. The summed E-state index contributed by atoms with van der Waals surface area (Å²) in [6.07, 6.45) is 6.22. The zero-order valence-electron chi connectivity index (χ0n) is 11.7. The van der Waals surface area contributed by atoms with Gasteiger partial charge in [0, 0.05) is 10.8 Å². The molecule has 1 aliphatic rings. The Morgan fingerprint density at radius 1 is 1.47 bits per heavy atom. The molecule has 0 aromatic heterocycles. The van der Waals surface area contributed by atoms with Crippen LogP contribution in [0.5, 0.6) is 0 Å². The second-order valence-electron chi connectivity index (χ2n) is 5.31. The first-order valence-electron chi connectivity index (χ1n) is 7.16. The maximum absolute atomic E-state index is 9.70. The van der Waals surface area contributed by atoms with Crippen molar-refractivity contribution in [1.29, 1.82) is 0 Å². The van der Waals surface area contributed by atoms with E-state index < -0.39 is 0 Å². The molecule has 3 unspecified atom stereocenters. The molecule has 102 valence electrons. The topological polar surface area (TPSA) is 32.3 Å². The summed E-state index contributed by atoms with van der Waals surface area (Å²) >= 11 is 2.08. The summed E-state index contributed by atoms with van der Waals surface area (Å²) in [5, 5.41) is 14.0. The molecule has 1 aliphatic carbocycles. The fraction of sp³-hybridized carbons (Fsp3) is 1.00. The Balaban J connectivity index is 2.40. The van der Waals surface area contributed by atoms with Crippen LogP contribution in [-0.4, -0.2) is 34.8 Å². The van der Waals surface area contributed by atoms with Gasteiger partial charge in [0.05, 0.1) is 6.61 Å². The van der Waals surface area contributed by atoms with E-state index in [1.807, 2.05) is 0 Å². The second kappa shape index (κ2) is 7.65.